The summed E-state index contributed by atoms with van der Waals surface area (Å²) in [5.74, 6) is -1.00. The Balaban J connectivity index is 1.69. The average molecular weight is 446 g/mol. The number of methoxy groups -OCH3 is 1. The van der Waals surface area contributed by atoms with Crippen molar-refractivity contribution in [1.29, 1.82) is 0 Å². The monoisotopic (exact) mass is 446 g/mol. The highest BCUT2D eigenvalue weighted by atomic mass is 32.1. The van der Waals surface area contributed by atoms with Gasteiger partial charge in [0.2, 0.25) is 0 Å². The van der Waals surface area contributed by atoms with Crippen LogP contribution in [0.4, 0.5) is 5.69 Å². The molecule has 0 atom stereocenters. The van der Waals surface area contributed by atoms with Gasteiger partial charge in [-0.15, -0.1) is 0 Å². The topological polar surface area (TPSA) is 88.9 Å². The Morgan fingerprint density at radius 1 is 1.06 bits per heavy atom. The maximum atomic E-state index is 13.1. The van der Waals surface area contributed by atoms with Crippen LogP contribution in [0.5, 0.6) is 0 Å². The highest BCUT2D eigenvalue weighted by Crippen LogP contribution is 2.28. The van der Waals surface area contributed by atoms with Gasteiger partial charge in [0, 0.05) is 5.56 Å². The molecule has 1 fully saturated rings. The Kier molecular flexibility index (Phi) is 5.70. The van der Waals surface area contributed by atoms with Gasteiger partial charge in [0.25, 0.3) is 11.8 Å². The highest BCUT2D eigenvalue weighted by molar-refractivity contribution is 7.80. The van der Waals surface area contributed by atoms with E-state index in [0.29, 0.717) is 22.6 Å². The van der Waals surface area contributed by atoms with Crippen molar-refractivity contribution in [2.45, 2.75) is 6.92 Å². The summed E-state index contributed by atoms with van der Waals surface area (Å²) < 4.78 is 10.6. The van der Waals surface area contributed by atoms with Crippen molar-refractivity contribution in [3.63, 3.8) is 0 Å². The summed E-state index contributed by atoms with van der Waals surface area (Å²) in [6.07, 6.45) is 1.35. The molecule has 2 heterocycles. The van der Waals surface area contributed by atoms with Crippen LogP contribution in [0.2, 0.25) is 0 Å². The van der Waals surface area contributed by atoms with Crippen molar-refractivity contribution in [2.75, 3.05) is 12.0 Å². The normalized spacial score (nSPS) is 15.1. The minimum absolute atomic E-state index is 0.00754. The number of carbonyl (C=O) groups is 3. The number of amides is 2. The largest absolute Gasteiger partial charge is 0.465 e. The van der Waals surface area contributed by atoms with E-state index in [0.717, 1.165) is 5.56 Å². The first-order valence-electron chi connectivity index (χ1n) is 9.64. The summed E-state index contributed by atoms with van der Waals surface area (Å²) in [5.41, 5.74) is 2.32. The molecule has 2 aromatic carbocycles. The minimum Gasteiger partial charge on any atom is -0.465 e. The fraction of sp³-hybridized carbons (Fsp3) is 0.0833. The molecule has 2 amide bonds. The Morgan fingerprint density at radius 3 is 2.50 bits per heavy atom. The molecule has 1 N–H and O–H groups in total. The van der Waals surface area contributed by atoms with Gasteiger partial charge in [-0.05, 0) is 55.5 Å². The lowest BCUT2D eigenvalue weighted by atomic mass is 10.1. The number of rotatable bonds is 4. The van der Waals surface area contributed by atoms with Crippen LogP contribution in [0.25, 0.3) is 17.4 Å². The predicted molar refractivity (Wildman–Crippen MR) is 123 cm³/mol. The Labute approximate surface area is 189 Å². The van der Waals surface area contributed by atoms with Gasteiger partial charge in [-0.25, -0.2) is 4.79 Å². The molecule has 4 rings (SSSR count). The number of hydrogen-bond acceptors (Lipinski definition) is 6. The van der Waals surface area contributed by atoms with Gasteiger partial charge < -0.3 is 9.15 Å². The van der Waals surface area contributed by atoms with Gasteiger partial charge in [0.05, 0.1) is 18.4 Å². The fourth-order valence-electron chi connectivity index (χ4n) is 3.29. The Bertz CT molecular complexity index is 1270. The lowest BCUT2D eigenvalue weighted by Crippen LogP contribution is -2.54. The van der Waals surface area contributed by atoms with Gasteiger partial charge in [0.15, 0.2) is 5.11 Å². The van der Waals surface area contributed by atoms with Gasteiger partial charge >= 0.3 is 5.97 Å². The second-order valence-electron chi connectivity index (χ2n) is 7.03. The second kappa shape index (κ2) is 8.60. The average Bonchev–Trinajstić information content (AvgIpc) is 3.26. The van der Waals surface area contributed by atoms with Gasteiger partial charge in [-0.3, -0.25) is 19.8 Å². The van der Waals surface area contributed by atoms with Crippen LogP contribution in [0.15, 0.2) is 70.7 Å². The van der Waals surface area contributed by atoms with Crippen LogP contribution in [0.1, 0.15) is 21.7 Å². The third-order valence-electron chi connectivity index (χ3n) is 4.91. The molecule has 8 heteroatoms. The molecule has 1 aliphatic heterocycles. The summed E-state index contributed by atoms with van der Waals surface area (Å²) in [4.78, 5) is 38.9. The molecule has 0 aliphatic carbocycles. The van der Waals surface area contributed by atoms with E-state index in [1.807, 2.05) is 19.1 Å². The van der Waals surface area contributed by atoms with E-state index < -0.39 is 17.8 Å². The molecular formula is C24H18N2O5S. The summed E-state index contributed by atoms with van der Waals surface area (Å²) in [7, 11) is 1.30. The van der Waals surface area contributed by atoms with E-state index in [1.54, 1.807) is 48.5 Å². The quantitative estimate of drug-likeness (QED) is 0.283. The van der Waals surface area contributed by atoms with Crippen LogP contribution >= 0.6 is 12.2 Å². The van der Waals surface area contributed by atoms with Crippen LogP contribution < -0.4 is 10.2 Å². The van der Waals surface area contributed by atoms with Crippen LogP contribution in [0.3, 0.4) is 0 Å². The maximum absolute atomic E-state index is 13.1. The van der Waals surface area contributed by atoms with E-state index in [1.165, 1.54) is 18.1 Å². The molecule has 0 bridgehead atoms. The predicted octanol–water partition coefficient (Wildman–Crippen LogP) is 3.87. The molecule has 1 saturated heterocycles. The summed E-state index contributed by atoms with van der Waals surface area (Å²) in [6, 6.07) is 17.3. The van der Waals surface area contributed by atoms with Gasteiger partial charge in [-0.2, -0.15) is 0 Å². The van der Waals surface area contributed by atoms with E-state index in [4.69, 9.17) is 21.4 Å². The number of nitrogens with one attached hydrogen (secondary N) is 1. The lowest BCUT2D eigenvalue weighted by Gasteiger charge is -2.28. The number of benzene rings is 2. The van der Waals surface area contributed by atoms with Crippen molar-refractivity contribution in [1.82, 2.24) is 5.32 Å². The van der Waals surface area contributed by atoms with Crippen LogP contribution in [-0.2, 0) is 14.3 Å². The number of furan rings is 1. The third kappa shape index (κ3) is 3.95. The fourth-order valence-corrected chi connectivity index (χ4v) is 3.57. The number of carbonyl (C=O) groups excluding carboxylic acids is 3. The van der Waals surface area contributed by atoms with Gasteiger partial charge in [0.1, 0.15) is 17.1 Å². The van der Waals surface area contributed by atoms with Crippen molar-refractivity contribution < 1.29 is 23.5 Å². The zero-order valence-electron chi connectivity index (χ0n) is 17.2. The second-order valence-corrected chi connectivity index (χ2v) is 7.42. The van der Waals surface area contributed by atoms with Crippen molar-refractivity contribution in [2.24, 2.45) is 0 Å². The van der Waals surface area contributed by atoms with Crippen molar-refractivity contribution in [3.8, 4) is 11.3 Å². The Morgan fingerprint density at radius 2 is 1.78 bits per heavy atom. The third-order valence-corrected chi connectivity index (χ3v) is 5.19. The van der Waals surface area contributed by atoms with E-state index in [2.05, 4.69) is 5.32 Å². The van der Waals surface area contributed by atoms with Gasteiger partial charge in [-0.1, -0.05) is 35.9 Å². The standard InChI is InChI=1S/C24H18N2O5S/c1-14-7-9-15(10-8-14)26-22(28)19(21(27)25-24(26)32)13-16-11-12-20(31-16)17-5-3-4-6-18(17)23(29)30-2/h3-13H,1-2H3,(H,25,27,32). The molecule has 0 radical (unpaired) electrons. The smallest absolute Gasteiger partial charge is 0.338 e. The van der Waals surface area contributed by atoms with Crippen molar-refractivity contribution in [3.05, 3.63) is 83.1 Å². The van der Waals surface area contributed by atoms with E-state index in [-0.39, 0.29) is 16.4 Å². The molecule has 0 saturated carbocycles. The number of aryl methyl sites for hydroxylation is 1. The maximum Gasteiger partial charge on any atom is 0.338 e. The number of esters is 1. The summed E-state index contributed by atoms with van der Waals surface area (Å²) >= 11 is 5.21. The zero-order chi connectivity index (χ0) is 22.8. The SMILES string of the molecule is COC(=O)c1ccccc1-c1ccc(C=C2C(=O)NC(=S)N(c3ccc(C)cc3)C2=O)o1. The number of nitrogens with zero attached hydrogens (tertiary/aromatic N) is 1. The van der Waals surface area contributed by atoms with Crippen molar-refractivity contribution >= 4 is 46.9 Å². The summed E-state index contributed by atoms with van der Waals surface area (Å²) in [6.45, 7) is 1.93. The molecule has 7 nitrogen and oxygen atoms in total. The molecule has 1 aliphatic rings. The molecule has 1 aromatic heterocycles. The number of thiocarbonyl (C=S) groups is 1. The first kappa shape index (κ1) is 21.2. The highest BCUT2D eigenvalue weighted by Gasteiger charge is 2.34. The summed E-state index contributed by atoms with van der Waals surface area (Å²) in [5, 5.41) is 2.55. The van der Waals surface area contributed by atoms with Crippen LogP contribution in [0, 0.1) is 6.92 Å². The lowest BCUT2D eigenvalue weighted by molar-refractivity contribution is -0.122. The molecule has 32 heavy (non-hydrogen) atoms. The molecule has 3 aromatic rings. The minimum atomic E-state index is -0.615. The van der Waals surface area contributed by atoms with E-state index >= 15 is 0 Å². The number of ether oxygens (including phenoxy) is 1. The molecular weight excluding hydrogens is 428 g/mol. The zero-order valence-corrected chi connectivity index (χ0v) is 18.1. The van der Waals surface area contributed by atoms with E-state index in [9.17, 15) is 14.4 Å². The van der Waals surface area contributed by atoms with Crippen LogP contribution in [-0.4, -0.2) is 30.0 Å². The number of anilines is 1. The first-order valence-corrected chi connectivity index (χ1v) is 10.1. The first-order chi connectivity index (χ1) is 15.4. The molecule has 0 unspecified atom stereocenters. The molecule has 0 spiro atoms. The number of hydrogen-bond donors (Lipinski definition) is 1. The molecule has 160 valence electrons. The Hall–Kier alpha value is -4.04.